The number of aromatic nitrogens is 1. The molecule has 2 aromatic rings. The van der Waals surface area contributed by atoms with Crippen molar-refractivity contribution in [2.24, 2.45) is 0 Å². The van der Waals surface area contributed by atoms with Gasteiger partial charge in [-0.3, -0.25) is 0 Å². The standard InChI is InChI=1S/C13H15N3O2S/c1-16(7-9-3-4-19-8-9)11-6-15-12(14)5-10(11)13(17)18-2/h3-6,8H,7H2,1-2H3,(H2,14,15). The van der Waals surface area contributed by atoms with Gasteiger partial charge in [-0.25, -0.2) is 9.78 Å². The average Bonchev–Trinajstić information content (AvgIpc) is 2.90. The lowest BCUT2D eigenvalue weighted by molar-refractivity contribution is 0.0601. The van der Waals surface area contributed by atoms with Crippen LogP contribution in [-0.4, -0.2) is 25.1 Å². The molecule has 2 aromatic heterocycles. The van der Waals surface area contributed by atoms with E-state index in [1.807, 2.05) is 23.4 Å². The fraction of sp³-hybridized carbons (Fsp3) is 0.231. The summed E-state index contributed by atoms with van der Waals surface area (Å²) >= 11 is 1.64. The van der Waals surface area contributed by atoms with Crippen molar-refractivity contribution in [2.45, 2.75) is 6.54 Å². The molecule has 0 fully saturated rings. The lowest BCUT2D eigenvalue weighted by atomic mass is 10.2. The second-order valence-electron chi connectivity index (χ2n) is 4.11. The molecule has 2 rings (SSSR count). The monoisotopic (exact) mass is 277 g/mol. The maximum atomic E-state index is 11.8. The van der Waals surface area contributed by atoms with Gasteiger partial charge in [-0.2, -0.15) is 11.3 Å². The minimum atomic E-state index is -0.415. The number of hydrogen-bond acceptors (Lipinski definition) is 6. The zero-order valence-corrected chi connectivity index (χ0v) is 11.6. The number of nitrogens with zero attached hydrogens (tertiary/aromatic N) is 2. The zero-order chi connectivity index (χ0) is 13.8. The number of ether oxygens (including phenoxy) is 1. The summed E-state index contributed by atoms with van der Waals surface area (Å²) in [5.74, 6) is -0.116. The van der Waals surface area contributed by atoms with E-state index in [1.54, 1.807) is 17.5 Å². The van der Waals surface area contributed by atoms with Gasteiger partial charge in [-0.05, 0) is 28.5 Å². The van der Waals surface area contributed by atoms with Crippen molar-refractivity contribution >= 4 is 28.8 Å². The van der Waals surface area contributed by atoms with Crippen LogP contribution < -0.4 is 10.6 Å². The van der Waals surface area contributed by atoms with Crippen LogP contribution in [0.1, 0.15) is 15.9 Å². The van der Waals surface area contributed by atoms with E-state index in [2.05, 4.69) is 10.4 Å². The number of nitrogens with two attached hydrogens (primary N) is 1. The average molecular weight is 277 g/mol. The predicted octanol–water partition coefficient (Wildman–Crippen LogP) is 2.15. The number of pyridine rings is 1. The van der Waals surface area contributed by atoms with E-state index in [0.717, 1.165) is 0 Å². The van der Waals surface area contributed by atoms with Crippen LogP contribution in [0.2, 0.25) is 0 Å². The Morgan fingerprint density at radius 3 is 3.00 bits per heavy atom. The van der Waals surface area contributed by atoms with Gasteiger partial charge in [0.15, 0.2) is 0 Å². The molecule has 0 saturated carbocycles. The molecule has 2 heterocycles. The molecule has 0 aromatic carbocycles. The van der Waals surface area contributed by atoms with E-state index in [1.165, 1.54) is 18.7 Å². The minimum absolute atomic E-state index is 0.299. The topological polar surface area (TPSA) is 68.5 Å². The highest BCUT2D eigenvalue weighted by Crippen LogP contribution is 2.23. The first kappa shape index (κ1) is 13.4. The fourth-order valence-electron chi connectivity index (χ4n) is 1.78. The van der Waals surface area contributed by atoms with Gasteiger partial charge in [-0.15, -0.1) is 0 Å². The van der Waals surface area contributed by atoms with Crippen LogP contribution in [0.5, 0.6) is 0 Å². The summed E-state index contributed by atoms with van der Waals surface area (Å²) < 4.78 is 4.77. The summed E-state index contributed by atoms with van der Waals surface area (Å²) in [6.45, 7) is 0.694. The Balaban J connectivity index is 2.30. The van der Waals surface area contributed by atoms with Crippen LogP contribution in [0.25, 0.3) is 0 Å². The largest absolute Gasteiger partial charge is 0.465 e. The number of esters is 1. The molecule has 2 N–H and O–H groups in total. The maximum absolute atomic E-state index is 11.8. The molecule has 0 unspecified atom stereocenters. The molecule has 5 nitrogen and oxygen atoms in total. The number of hydrogen-bond donors (Lipinski definition) is 1. The first-order valence-electron chi connectivity index (χ1n) is 5.68. The van der Waals surface area contributed by atoms with Gasteiger partial charge in [0.2, 0.25) is 0 Å². The van der Waals surface area contributed by atoms with Gasteiger partial charge in [0.05, 0.1) is 24.6 Å². The van der Waals surface area contributed by atoms with Crippen LogP contribution in [0.15, 0.2) is 29.1 Å². The zero-order valence-electron chi connectivity index (χ0n) is 10.8. The van der Waals surface area contributed by atoms with E-state index in [9.17, 15) is 4.79 Å². The third-order valence-electron chi connectivity index (χ3n) is 2.72. The summed E-state index contributed by atoms with van der Waals surface area (Å²) in [7, 11) is 3.25. The van der Waals surface area contributed by atoms with Gasteiger partial charge in [-0.1, -0.05) is 0 Å². The number of methoxy groups -OCH3 is 1. The van der Waals surface area contributed by atoms with Crippen LogP contribution in [0.4, 0.5) is 11.5 Å². The third kappa shape index (κ3) is 3.03. The maximum Gasteiger partial charge on any atom is 0.340 e. The molecule has 6 heteroatoms. The summed E-state index contributed by atoms with van der Waals surface area (Å²) in [5.41, 5.74) is 7.93. The number of carbonyl (C=O) groups is 1. The van der Waals surface area contributed by atoms with Crippen LogP contribution >= 0.6 is 11.3 Å². The van der Waals surface area contributed by atoms with E-state index < -0.39 is 5.97 Å². The van der Waals surface area contributed by atoms with Gasteiger partial charge < -0.3 is 15.4 Å². The van der Waals surface area contributed by atoms with E-state index in [0.29, 0.717) is 23.6 Å². The van der Waals surface area contributed by atoms with Crippen molar-refractivity contribution in [3.63, 3.8) is 0 Å². The summed E-state index contributed by atoms with van der Waals surface area (Å²) in [6.07, 6.45) is 1.59. The minimum Gasteiger partial charge on any atom is -0.465 e. The van der Waals surface area contributed by atoms with E-state index in [4.69, 9.17) is 10.5 Å². The molecule has 0 radical (unpaired) electrons. The number of carbonyl (C=O) groups excluding carboxylic acids is 1. The summed E-state index contributed by atoms with van der Waals surface area (Å²) in [4.78, 5) is 17.7. The molecule has 0 amide bonds. The summed E-state index contributed by atoms with van der Waals surface area (Å²) in [6, 6.07) is 3.58. The lowest BCUT2D eigenvalue weighted by Gasteiger charge is -2.21. The number of thiophene rings is 1. The van der Waals surface area contributed by atoms with Gasteiger partial charge in [0.25, 0.3) is 0 Å². The van der Waals surface area contributed by atoms with Crippen molar-refractivity contribution < 1.29 is 9.53 Å². The lowest BCUT2D eigenvalue weighted by Crippen LogP contribution is -2.20. The molecular weight excluding hydrogens is 262 g/mol. The van der Waals surface area contributed by atoms with Crippen molar-refractivity contribution in [3.8, 4) is 0 Å². The Bertz CT molecular complexity index is 569. The number of anilines is 2. The number of nitrogen functional groups attached to an aromatic ring is 1. The van der Waals surface area contributed by atoms with Crippen molar-refractivity contribution in [1.82, 2.24) is 4.98 Å². The van der Waals surface area contributed by atoms with Crippen LogP contribution in [-0.2, 0) is 11.3 Å². The van der Waals surface area contributed by atoms with Crippen LogP contribution in [0.3, 0.4) is 0 Å². The molecule has 0 atom stereocenters. The highest BCUT2D eigenvalue weighted by atomic mass is 32.1. The Labute approximate surface area is 115 Å². The highest BCUT2D eigenvalue weighted by Gasteiger charge is 2.16. The molecule has 0 aliphatic heterocycles. The van der Waals surface area contributed by atoms with Crippen molar-refractivity contribution in [1.29, 1.82) is 0 Å². The fourth-order valence-corrected chi connectivity index (χ4v) is 2.44. The molecule has 0 aliphatic carbocycles. The van der Waals surface area contributed by atoms with Crippen molar-refractivity contribution in [3.05, 3.63) is 40.2 Å². The normalized spacial score (nSPS) is 10.2. The smallest absolute Gasteiger partial charge is 0.340 e. The first-order chi connectivity index (χ1) is 9.11. The van der Waals surface area contributed by atoms with Gasteiger partial charge >= 0.3 is 5.97 Å². The molecular formula is C13H15N3O2S. The molecule has 100 valence electrons. The molecule has 0 saturated heterocycles. The Morgan fingerprint density at radius 2 is 2.37 bits per heavy atom. The first-order valence-corrected chi connectivity index (χ1v) is 6.62. The molecule has 0 bridgehead atoms. The highest BCUT2D eigenvalue weighted by molar-refractivity contribution is 7.07. The summed E-state index contributed by atoms with van der Waals surface area (Å²) in [5, 5.41) is 4.09. The third-order valence-corrected chi connectivity index (χ3v) is 3.45. The van der Waals surface area contributed by atoms with Crippen molar-refractivity contribution in [2.75, 3.05) is 24.8 Å². The SMILES string of the molecule is COC(=O)c1cc(N)ncc1N(C)Cc1ccsc1. The van der Waals surface area contributed by atoms with E-state index >= 15 is 0 Å². The quantitative estimate of drug-likeness (QED) is 0.867. The molecule has 0 spiro atoms. The van der Waals surface area contributed by atoms with Crippen LogP contribution in [0, 0.1) is 0 Å². The van der Waals surface area contributed by atoms with Gasteiger partial charge in [0, 0.05) is 13.6 Å². The predicted molar refractivity (Wildman–Crippen MR) is 76.4 cm³/mol. The van der Waals surface area contributed by atoms with E-state index in [-0.39, 0.29) is 0 Å². The Hall–Kier alpha value is -2.08. The van der Waals surface area contributed by atoms with Gasteiger partial charge in [0.1, 0.15) is 5.82 Å². The number of rotatable bonds is 4. The Morgan fingerprint density at radius 1 is 1.58 bits per heavy atom. The molecule has 0 aliphatic rings. The second kappa shape index (κ2) is 5.71. The Kier molecular flexibility index (Phi) is 4.01. The second-order valence-corrected chi connectivity index (χ2v) is 4.89. The molecule has 19 heavy (non-hydrogen) atoms.